The van der Waals surface area contributed by atoms with Gasteiger partial charge >= 0.3 is 0 Å². The van der Waals surface area contributed by atoms with Gasteiger partial charge in [0.2, 0.25) is 5.91 Å². The van der Waals surface area contributed by atoms with Crippen LogP contribution in [0.25, 0.3) is 0 Å². The second-order valence-electron chi connectivity index (χ2n) is 3.29. The molecule has 0 spiro atoms. The SMILES string of the molecule is C=CCC(=O)NCc1ccc(CN)cc1. The Labute approximate surface area is 90.0 Å². The molecule has 0 saturated heterocycles. The molecular formula is C12H16N2O. The average molecular weight is 204 g/mol. The summed E-state index contributed by atoms with van der Waals surface area (Å²) in [7, 11) is 0. The highest BCUT2D eigenvalue weighted by molar-refractivity contribution is 5.77. The molecule has 3 N–H and O–H groups in total. The van der Waals surface area contributed by atoms with Crippen molar-refractivity contribution in [3.05, 3.63) is 48.0 Å². The average Bonchev–Trinajstić information content (AvgIpc) is 2.27. The minimum atomic E-state index is -0.00657. The molecular weight excluding hydrogens is 188 g/mol. The van der Waals surface area contributed by atoms with Gasteiger partial charge in [0.25, 0.3) is 0 Å². The minimum absolute atomic E-state index is 0.00657. The van der Waals surface area contributed by atoms with E-state index < -0.39 is 0 Å². The molecule has 3 heteroatoms. The molecule has 0 aliphatic carbocycles. The molecule has 1 rings (SSSR count). The van der Waals surface area contributed by atoms with Crippen LogP contribution in [-0.2, 0) is 17.9 Å². The molecule has 15 heavy (non-hydrogen) atoms. The molecule has 0 saturated carbocycles. The third kappa shape index (κ3) is 3.95. The number of benzene rings is 1. The van der Waals surface area contributed by atoms with E-state index in [-0.39, 0.29) is 5.91 Å². The molecule has 1 aromatic rings. The van der Waals surface area contributed by atoms with E-state index in [1.54, 1.807) is 6.08 Å². The van der Waals surface area contributed by atoms with Crippen molar-refractivity contribution in [1.82, 2.24) is 5.32 Å². The van der Waals surface area contributed by atoms with Crippen LogP contribution in [0.15, 0.2) is 36.9 Å². The van der Waals surface area contributed by atoms with Crippen molar-refractivity contribution in [1.29, 1.82) is 0 Å². The van der Waals surface area contributed by atoms with E-state index in [0.29, 0.717) is 19.5 Å². The van der Waals surface area contributed by atoms with Gasteiger partial charge in [-0.1, -0.05) is 30.3 Å². The zero-order valence-electron chi connectivity index (χ0n) is 8.70. The van der Waals surface area contributed by atoms with Gasteiger partial charge < -0.3 is 11.1 Å². The van der Waals surface area contributed by atoms with Crippen LogP contribution in [0.3, 0.4) is 0 Å². The van der Waals surface area contributed by atoms with Crippen LogP contribution in [0.2, 0.25) is 0 Å². The normalized spacial score (nSPS) is 9.67. The Balaban J connectivity index is 2.43. The molecule has 80 valence electrons. The number of rotatable bonds is 5. The summed E-state index contributed by atoms with van der Waals surface area (Å²) in [6.07, 6.45) is 1.95. The number of hydrogen-bond donors (Lipinski definition) is 2. The van der Waals surface area contributed by atoms with Crippen LogP contribution in [0.1, 0.15) is 17.5 Å². The third-order valence-corrected chi connectivity index (χ3v) is 2.08. The Bertz CT molecular complexity index is 330. The van der Waals surface area contributed by atoms with E-state index in [9.17, 15) is 4.79 Å². The minimum Gasteiger partial charge on any atom is -0.352 e. The van der Waals surface area contributed by atoms with Crippen LogP contribution in [0.5, 0.6) is 0 Å². The molecule has 0 atom stereocenters. The molecule has 1 amide bonds. The molecule has 1 aromatic carbocycles. The zero-order valence-corrected chi connectivity index (χ0v) is 8.70. The first-order valence-electron chi connectivity index (χ1n) is 4.91. The summed E-state index contributed by atoms with van der Waals surface area (Å²) in [5.74, 6) is -0.00657. The van der Waals surface area contributed by atoms with Gasteiger partial charge in [-0.15, -0.1) is 6.58 Å². The Kier molecular flexibility index (Phi) is 4.57. The maximum atomic E-state index is 11.1. The van der Waals surface area contributed by atoms with Crippen LogP contribution < -0.4 is 11.1 Å². The van der Waals surface area contributed by atoms with Crippen molar-refractivity contribution in [3.63, 3.8) is 0 Å². The summed E-state index contributed by atoms with van der Waals surface area (Å²) in [5, 5.41) is 2.80. The fraction of sp³-hybridized carbons (Fsp3) is 0.250. The molecule has 0 aliphatic heterocycles. The van der Waals surface area contributed by atoms with Crippen molar-refractivity contribution in [2.45, 2.75) is 19.5 Å². The smallest absolute Gasteiger partial charge is 0.224 e. The van der Waals surface area contributed by atoms with Crippen molar-refractivity contribution < 1.29 is 4.79 Å². The first-order chi connectivity index (χ1) is 7.26. The lowest BCUT2D eigenvalue weighted by Gasteiger charge is -2.04. The van der Waals surface area contributed by atoms with Gasteiger partial charge in [-0.3, -0.25) is 4.79 Å². The summed E-state index contributed by atoms with van der Waals surface area (Å²) in [6.45, 7) is 4.60. The first-order valence-corrected chi connectivity index (χ1v) is 4.91. The molecule has 3 nitrogen and oxygen atoms in total. The van der Waals surface area contributed by atoms with Gasteiger partial charge in [0.1, 0.15) is 0 Å². The highest BCUT2D eigenvalue weighted by Gasteiger charge is 1.98. The van der Waals surface area contributed by atoms with Gasteiger partial charge in [-0.25, -0.2) is 0 Å². The van der Waals surface area contributed by atoms with Gasteiger partial charge in [-0.2, -0.15) is 0 Å². The lowest BCUT2D eigenvalue weighted by atomic mass is 10.1. The number of amides is 1. The number of nitrogens with two attached hydrogens (primary N) is 1. The highest BCUT2D eigenvalue weighted by Crippen LogP contribution is 2.03. The fourth-order valence-electron chi connectivity index (χ4n) is 1.20. The van der Waals surface area contributed by atoms with Crippen LogP contribution in [-0.4, -0.2) is 5.91 Å². The molecule has 0 aliphatic rings. The largest absolute Gasteiger partial charge is 0.352 e. The van der Waals surface area contributed by atoms with Gasteiger partial charge in [0, 0.05) is 19.5 Å². The maximum Gasteiger partial charge on any atom is 0.224 e. The molecule has 0 fully saturated rings. The lowest BCUT2D eigenvalue weighted by Crippen LogP contribution is -2.21. The number of nitrogens with one attached hydrogen (secondary N) is 1. The van der Waals surface area contributed by atoms with Crippen LogP contribution in [0.4, 0.5) is 0 Å². The first kappa shape index (κ1) is 11.5. The highest BCUT2D eigenvalue weighted by atomic mass is 16.1. The van der Waals surface area contributed by atoms with E-state index in [4.69, 9.17) is 5.73 Å². The number of hydrogen-bond acceptors (Lipinski definition) is 2. The van der Waals surface area contributed by atoms with Crippen LogP contribution >= 0.6 is 0 Å². The van der Waals surface area contributed by atoms with Gasteiger partial charge in [-0.05, 0) is 11.1 Å². The third-order valence-electron chi connectivity index (χ3n) is 2.08. The van der Waals surface area contributed by atoms with E-state index in [2.05, 4.69) is 11.9 Å². The predicted molar refractivity (Wildman–Crippen MR) is 61.0 cm³/mol. The van der Waals surface area contributed by atoms with Crippen molar-refractivity contribution in [2.24, 2.45) is 5.73 Å². The van der Waals surface area contributed by atoms with Gasteiger partial charge in [0.15, 0.2) is 0 Å². The standard InChI is InChI=1S/C12H16N2O/c1-2-3-12(15)14-9-11-6-4-10(8-13)5-7-11/h2,4-7H,1,3,8-9,13H2,(H,14,15). The Morgan fingerprint density at radius 3 is 2.47 bits per heavy atom. The van der Waals surface area contributed by atoms with E-state index in [1.807, 2.05) is 24.3 Å². The van der Waals surface area contributed by atoms with E-state index in [1.165, 1.54) is 0 Å². The zero-order chi connectivity index (χ0) is 11.1. The second kappa shape index (κ2) is 5.98. The quantitative estimate of drug-likeness (QED) is 0.711. The summed E-state index contributed by atoms with van der Waals surface area (Å²) in [6, 6.07) is 7.87. The van der Waals surface area contributed by atoms with E-state index >= 15 is 0 Å². The summed E-state index contributed by atoms with van der Waals surface area (Å²) in [5.41, 5.74) is 7.65. The Morgan fingerprint density at radius 2 is 1.93 bits per heavy atom. The topological polar surface area (TPSA) is 55.1 Å². The van der Waals surface area contributed by atoms with Crippen molar-refractivity contribution in [3.8, 4) is 0 Å². The number of carbonyl (C=O) groups is 1. The number of carbonyl (C=O) groups excluding carboxylic acids is 1. The summed E-state index contributed by atoms with van der Waals surface area (Å²) < 4.78 is 0. The second-order valence-corrected chi connectivity index (χ2v) is 3.29. The molecule has 0 bridgehead atoms. The fourth-order valence-corrected chi connectivity index (χ4v) is 1.20. The Morgan fingerprint density at radius 1 is 1.33 bits per heavy atom. The van der Waals surface area contributed by atoms with Gasteiger partial charge in [0.05, 0.1) is 0 Å². The molecule has 0 aromatic heterocycles. The van der Waals surface area contributed by atoms with Crippen LogP contribution in [0, 0.1) is 0 Å². The van der Waals surface area contributed by atoms with E-state index in [0.717, 1.165) is 11.1 Å². The monoisotopic (exact) mass is 204 g/mol. The lowest BCUT2D eigenvalue weighted by molar-refractivity contribution is -0.120. The van der Waals surface area contributed by atoms with Crippen molar-refractivity contribution >= 4 is 5.91 Å². The Hall–Kier alpha value is -1.61. The molecule has 0 radical (unpaired) electrons. The summed E-state index contributed by atoms with van der Waals surface area (Å²) >= 11 is 0. The maximum absolute atomic E-state index is 11.1. The summed E-state index contributed by atoms with van der Waals surface area (Å²) in [4.78, 5) is 11.1. The van der Waals surface area contributed by atoms with Crippen molar-refractivity contribution in [2.75, 3.05) is 0 Å². The molecule has 0 heterocycles. The predicted octanol–water partition coefficient (Wildman–Crippen LogP) is 1.34. The molecule has 0 unspecified atom stereocenters.